The van der Waals surface area contributed by atoms with Crippen molar-refractivity contribution >= 4 is 23.2 Å². The molecule has 0 spiro atoms. The Bertz CT molecular complexity index is 386. The third kappa shape index (κ3) is 5.01. The van der Waals surface area contributed by atoms with Gasteiger partial charge in [-0.2, -0.15) is 0 Å². The minimum atomic E-state index is -0.416. The molecule has 0 aliphatic heterocycles. The Morgan fingerprint density at radius 3 is 2.71 bits per heavy atom. The van der Waals surface area contributed by atoms with Crippen LogP contribution < -0.4 is 16.6 Å². The van der Waals surface area contributed by atoms with Crippen LogP contribution in [0.5, 0.6) is 0 Å². The fraction of sp³-hybridized carbons (Fsp3) is 0.364. The Morgan fingerprint density at radius 2 is 2.18 bits per heavy atom. The summed E-state index contributed by atoms with van der Waals surface area (Å²) in [6, 6.07) is 4.13. The molecule has 0 aliphatic carbocycles. The predicted octanol–water partition coefficient (Wildman–Crippen LogP) is 2.37. The molecule has 4 nitrogen and oxygen atoms in total. The molecule has 0 bridgehead atoms. The van der Waals surface area contributed by atoms with Crippen LogP contribution in [0.4, 0.5) is 10.1 Å². The zero-order valence-corrected chi connectivity index (χ0v) is 10.6. The molecule has 0 fully saturated rings. The Morgan fingerprint density at radius 1 is 1.47 bits per heavy atom. The molecule has 0 amide bonds. The van der Waals surface area contributed by atoms with Crippen LogP contribution in [0.15, 0.2) is 23.2 Å². The number of anilines is 1. The summed E-state index contributed by atoms with van der Waals surface area (Å²) in [6.07, 6.45) is 0. The molecule has 0 atom stereocenters. The average molecular weight is 259 g/mol. The summed E-state index contributed by atoms with van der Waals surface area (Å²) in [5.41, 5.74) is 2.91. The highest BCUT2D eigenvalue weighted by Crippen LogP contribution is 2.17. The SMILES string of the molecule is CC(C)CN=C(NN)Nc1cc(F)cc(Cl)c1. The number of nitrogens with zero attached hydrogens (tertiary/aromatic N) is 1. The Kier molecular flexibility index (Phi) is 5.18. The second-order valence-corrected chi connectivity index (χ2v) is 4.45. The number of hydrogen-bond donors (Lipinski definition) is 3. The molecular weight excluding hydrogens is 243 g/mol. The number of hydrogen-bond acceptors (Lipinski definition) is 2. The van der Waals surface area contributed by atoms with Crippen LogP contribution in [0.2, 0.25) is 5.02 Å². The monoisotopic (exact) mass is 258 g/mol. The van der Waals surface area contributed by atoms with Gasteiger partial charge in [-0.25, -0.2) is 10.2 Å². The van der Waals surface area contributed by atoms with Gasteiger partial charge < -0.3 is 5.32 Å². The number of benzene rings is 1. The number of rotatable bonds is 3. The van der Waals surface area contributed by atoms with Gasteiger partial charge in [-0.15, -0.1) is 0 Å². The molecule has 6 heteroatoms. The zero-order valence-electron chi connectivity index (χ0n) is 9.80. The molecule has 0 aromatic heterocycles. The first-order valence-corrected chi connectivity index (χ1v) is 5.63. The van der Waals surface area contributed by atoms with E-state index in [0.29, 0.717) is 29.1 Å². The number of guanidine groups is 1. The van der Waals surface area contributed by atoms with E-state index in [1.807, 2.05) is 13.8 Å². The van der Waals surface area contributed by atoms with Crippen molar-refractivity contribution in [3.63, 3.8) is 0 Å². The van der Waals surface area contributed by atoms with Crippen molar-refractivity contribution in [2.24, 2.45) is 16.8 Å². The van der Waals surface area contributed by atoms with Gasteiger partial charge in [0.1, 0.15) is 5.82 Å². The van der Waals surface area contributed by atoms with E-state index >= 15 is 0 Å². The van der Waals surface area contributed by atoms with E-state index < -0.39 is 5.82 Å². The Hall–Kier alpha value is -1.33. The van der Waals surface area contributed by atoms with Gasteiger partial charge in [0.05, 0.1) is 0 Å². The van der Waals surface area contributed by atoms with Crippen molar-refractivity contribution in [2.75, 3.05) is 11.9 Å². The minimum Gasteiger partial charge on any atom is -0.325 e. The van der Waals surface area contributed by atoms with Crippen molar-refractivity contribution in [1.29, 1.82) is 0 Å². The summed E-state index contributed by atoms with van der Waals surface area (Å²) in [7, 11) is 0. The van der Waals surface area contributed by atoms with Gasteiger partial charge in [0.15, 0.2) is 0 Å². The molecule has 1 aromatic rings. The summed E-state index contributed by atoms with van der Waals surface area (Å²) < 4.78 is 13.1. The van der Waals surface area contributed by atoms with Gasteiger partial charge in [0.25, 0.3) is 0 Å². The van der Waals surface area contributed by atoms with Crippen molar-refractivity contribution in [1.82, 2.24) is 5.43 Å². The maximum atomic E-state index is 13.1. The van der Waals surface area contributed by atoms with Crippen LogP contribution in [0.3, 0.4) is 0 Å². The summed E-state index contributed by atoms with van der Waals surface area (Å²) in [5, 5.41) is 3.17. The first-order chi connectivity index (χ1) is 8.01. The van der Waals surface area contributed by atoms with Crippen LogP contribution in [0, 0.1) is 11.7 Å². The summed E-state index contributed by atoms with van der Waals surface area (Å²) >= 11 is 5.73. The molecule has 4 N–H and O–H groups in total. The molecule has 0 heterocycles. The van der Waals surface area contributed by atoms with Crippen LogP contribution in [-0.2, 0) is 0 Å². The van der Waals surface area contributed by atoms with Gasteiger partial charge in [-0.1, -0.05) is 25.4 Å². The second-order valence-electron chi connectivity index (χ2n) is 4.01. The summed E-state index contributed by atoms with van der Waals surface area (Å²) in [5.74, 6) is 5.68. The lowest BCUT2D eigenvalue weighted by molar-refractivity contribution is 0.628. The third-order valence-corrected chi connectivity index (χ3v) is 2.09. The van der Waals surface area contributed by atoms with E-state index in [0.717, 1.165) is 0 Å². The molecule has 1 rings (SSSR count). The Labute approximate surface area is 105 Å². The van der Waals surface area contributed by atoms with E-state index in [2.05, 4.69) is 15.7 Å². The molecule has 0 radical (unpaired) electrons. The van der Waals surface area contributed by atoms with Gasteiger partial charge in [0.2, 0.25) is 5.96 Å². The Balaban J connectivity index is 2.76. The minimum absolute atomic E-state index is 0.313. The van der Waals surface area contributed by atoms with Gasteiger partial charge >= 0.3 is 0 Å². The third-order valence-electron chi connectivity index (χ3n) is 1.88. The highest BCUT2D eigenvalue weighted by molar-refractivity contribution is 6.30. The van der Waals surface area contributed by atoms with Crippen LogP contribution in [0.1, 0.15) is 13.8 Å². The molecule has 17 heavy (non-hydrogen) atoms. The van der Waals surface area contributed by atoms with E-state index in [4.69, 9.17) is 17.4 Å². The van der Waals surface area contributed by atoms with E-state index in [9.17, 15) is 4.39 Å². The molecule has 1 aromatic carbocycles. The van der Waals surface area contributed by atoms with Crippen molar-refractivity contribution < 1.29 is 4.39 Å². The number of halogens is 2. The van der Waals surface area contributed by atoms with Crippen molar-refractivity contribution in [3.05, 3.63) is 29.0 Å². The van der Waals surface area contributed by atoms with Gasteiger partial charge in [-0.05, 0) is 24.1 Å². The van der Waals surface area contributed by atoms with E-state index in [1.165, 1.54) is 12.1 Å². The molecular formula is C11H16ClFN4. The molecule has 0 aliphatic rings. The van der Waals surface area contributed by atoms with Gasteiger partial charge in [0, 0.05) is 17.3 Å². The number of nitrogens with two attached hydrogens (primary N) is 1. The summed E-state index contributed by atoms with van der Waals surface area (Å²) in [4.78, 5) is 4.20. The second kappa shape index (κ2) is 6.42. The maximum Gasteiger partial charge on any atom is 0.210 e. The van der Waals surface area contributed by atoms with E-state index in [1.54, 1.807) is 6.07 Å². The lowest BCUT2D eigenvalue weighted by atomic mass is 10.2. The topological polar surface area (TPSA) is 62.4 Å². The van der Waals surface area contributed by atoms with Gasteiger partial charge in [-0.3, -0.25) is 10.4 Å². The maximum absolute atomic E-state index is 13.1. The fourth-order valence-electron chi connectivity index (χ4n) is 1.16. The highest BCUT2D eigenvalue weighted by atomic mass is 35.5. The number of aliphatic imine (C=N–C) groups is 1. The smallest absolute Gasteiger partial charge is 0.210 e. The van der Waals surface area contributed by atoms with Crippen molar-refractivity contribution in [3.8, 4) is 0 Å². The van der Waals surface area contributed by atoms with Crippen LogP contribution in [0.25, 0.3) is 0 Å². The average Bonchev–Trinajstić information content (AvgIpc) is 2.22. The van der Waals surface area contributed by atoms with Crippen molar-refractivity contribution in [2.45, 2.75) is 13.8 Å². The molecule has 0 unspecified atom stereocenters. The highest BCUT2D eigenvalue weighted by Gasteiger charge is 2.02. The fourth-order valence-corrected chi connectivity index (χ4v) is 1.38. The first-order valence-electron chi connectivity index (χ1n) is 5.25. The summed E-state index contributed by atoms with van der Waals surface area (Å²) in [6.45, 7) is 4.70. The standard InChI is InChI=1S/C11H16ClFN4/c1-7(2)6-15-11(17-14)16-10-4-8(12)3-9(13)5-10/h3-5,7H,6,14H2,1-2H3,(H2,15,16,17). The zero-order chi connectivity index (χ0) is 12.8. The molecule has 0 saturated carbocycles. The lowest BCUT2D eigenvalue weighted by Gasteiger charge is -2.10. The molecule has 94 valence electrons. The lowest BCUT2D eigenvalue weighted by Crippen LogP contribution is -2.36. The normalized spacial score (nSPS) is 11.8. The van der Waals surface area contributed by atoms with E-state index in [-0.39, 0.29) is 0 Å². The molecule has 0 saturated heterocycles. The van der Waals surface area contributed by atoms with Crippen LogP contribution >= 0.6 is 11.6 Å². The quantitative estimate of drug-likeness (QED) is 0.338. The number of hydrazine groups is 1. The predicted molar refractivity (Wildman–Crippen MR) is 69.5 cm³/mol. The largest absolute Gasteiger partial charge is 0.325 e. The number of nitrogens with one attached hydrogen (secondary N) is 2. The van der Waals surface area contributed by atoms with Crippen LogP contribution in [-0.4, -0.2) is 12.5 Å². The first kappa shape index (κ1) is 13.7.